The zero-order valence-corrected chi connectivity index (χ0v) is 24.7. The normalized spacial score (nSPS) is 33.9. The average molecular weight is 605 g/mol. The third-order valence-corrected chi connectivity index (χ3v) is 7.54. The van der Waals surface area contributed by atoms with E-state index in [1.807, 2.05) is 0 Å². The Morgan fingerprint density at radius 2 is 1.21 bits per heavy atom. The minimum absolute atomic E-state index is 0.0556. The van der Waals surface area contributed by atoms with Crippen LogP contribution in [0.2, 0.25) is 0 Å². The van der Waals surface area contributed by atoms with Gasteiger partial charge < -0.3 is 54.7 Å². The van der Waals surface area contributed by atoms with Crippen LogP contribution in [0, 0.1) is 0 Å². The number of unbranched alkanes of at least 4 members (excludes halogenated alkanes) is 8. The molecule has 244 valence electrons. The maximum atomic E-state index is 12.6. The number of carbonyl (C=O) groups is 1. The number of aliphatic hydroxyl groups excluding tert-OH is 7. The zero-order valence-electron chi connectivity index (χ0n) is 24.7. The van der Waals surface area contributed by atoms with Crippen LogP contribution in [-0.2, 0) is 23.7 Å². The van der Waals surface area contributed by atoms with Gasteiger partial charge in [-0.15, -0.1) is 0 Å². The summed E-state index contributed by atoms with van der Waals surface area (Å²) in [5.41, 5.74) is 0. The summed E-state index contributed by atoms with van der Waals surface area (Å²) in [6, 6.07) is 0. The first kappa shape index (κ1) is 36.7. The number of hydrogen-bond acceptors (Lipinski definition) is 12. The Hall–Kier alpha value is -1.45. The number of esters is 1. The molecule has 0 radical (unpaired) electrons. The second-order valence-corrected chi connectivity index (χ2v) is 11.0. The summed E-state index contributed by atoms with van der Waals surface area (Å²) in [6.07, 6.45) is 4.43. The van der Waals surface area contributed by atoms with Gasteiger partial charge in [-0.1, -0.05) is 63.3 Å². The monoisotopic (exact) mass is 604 g/mol. The van der Waals surface area contributed by atoms with E-state index in [9.17, 15) is 40.5 Å². The number of allylic oxidation sites excluding steroid dienone is 4. The molecule has 0 aliphatic carbocycles. The predicted octanol–water partition coefficient (Wildman–Crippen LogP) is 0.967. The van der Waals surface area contributed by atoms with Crippen molar-refractivity contribution in [2.45, 2.75) is 145 Å². The summed E-state index contributed by atoms with van der Waals surface area (Å²) >= 11 is 0. The second kappa shape index (κ2) is 20.5. The molecule has 42 heavy (non-hydrogen) atoms. The minimum Gasteiger partial charge on any atom is -0.454 e. The van der Waals surface area contributed by atoms with E-state index in [0.29, 0.717) is 6.42 Å². The lowest BCUT2D eigenvalue weighted by Crippen LogP contribution is -2.64. The molecule has 12 heteroatoms. The van der Waals surface area contributed by atoms with Crippen molar-refractivity contribution < 1.29 is 59.5 Å². The van der Waals surface area contributed by atoms with E-state index in [0.717, 1.165) is 44.9 Å². The summed E-state index contributed by atoms with van der Waals surface area (Å²) in [5, 5.41) is 70.1. The van der Waals surface area contributed by atoms with Gasteiger partial charge >= 0.3 is 5.97 Å². The molecule has 0 bridgehead atoms. The molecule has 0 spiro atoms. The Morgan fingerprint density at radius 3 is 1.83 bits per heavy atom. The first-order valence-electron chi connectivity index (χ1n) is 15.3. The molecule has 0 amide bonds. The van der Waals surface area contributed by atoms with Crippen LogP contribution in [0.3, 0.4) is 0 Å². The second-order valence-electron chi connectivity index (χ2n) is 11.0. The fraction of sp³-hybridized carbons (Fsp3) is 0.833. The van der Waals surface area contributed by atoms with Crippen molar-refractivity contribution in [1.29, 1.82) is 0 Å². The van der Waals surface area contributed by atoms with Crippen LogP contribution in [0.5, 0.6) is 0 Å². The van der Waals surface area contributed by atoms with Gasteiger partial charge in [0, 0.05) is 6.42 Å². The third kappa shape index (κ3) is 11.9. The van der Waals surface area contributed by atoms with Gasteiger partial charge in [-0.2, -0.15) is 0 Å². The standard InChI is InChI=1S/C30H52O12/c1-2-3-4-5-6-7-8-9-10-11-12-13-14-15-16-17-22(33)41-28-26(37)24(35)21(19-32)40-30(28)42-29-27(38)25(36)23(34)20(18-31)39-29/h6-7,9-10,20-21,23-32,34-38H,2-5,8,11-19H2,1H3/b7-6-,10-9-/t20-,21-,23-,24-,25+,26+,27-,28-,29-,30-/m1/s1. The SMILES string of the molecule is CCCCC/C=C\C/C=C\CCCCCCCC(=O)O[C@H]1[C@@H](O[C@H]2O[C@H](CO)[C@@H](O)[C@H](O)[C@H]2O)O[C@H](CO)[C@@H](O)[C@@H]1O. The van der Waals surface area contributed by atoms with Gasteiger partial charge in [0.1, 0.15) is 42.7 Å². The molecule has 2 aliphatic rings. The summed E-state index contributed by atoms with van der Waals surface area (Å²) in [4.78, 5) is 12.6. The fourth-order valence-corrected chi connectivity index (χ4v) is 4.89. The minimum atomic E-state index is -1.77. The summed E-state index contributed by atoms with van der Waals surface area (Å²) < 4.78 is 21.7. The molecule has 2 rings (SSSR count). The van der Waals surface area contributed by atoms with E-state index in [4.69, 9.17) is 18.9 Å². The molecule has 0 aromatic heterocycles. The summed E-state index contributed by atoms with van der Waals surface area (Å²) in [6.45, 7) is 0.815. The Kier molecular flexibility index (Phi) is 17.9. The highest BCUT2D eigenvalue weighted by atomic mass is 16.8. The van der Waals surface area contributed by atoms with Crippen molar-refractivity contribution in [3.63, 3.8) is 0 Å². The van der Waals surface area contributed by atoms with Crippen LogP contribution < -0.4 is 0 Å². The molecule has 2 fully saturated rings. The van der Waals surface area contributed by atoms with Crippen LogP contribution in [0.25, 0.3) is 0 Å². The molecule has 2 heterocycles. The Bertz CT molecular complexity index is 790. The molecule has 7 N–H and O–H groups in total. The summed E-state index contributed by atoms with van der Waals surface area (Å²) in [7, 11) is 0. The number of rotatable bonds is 19. The van der Waals surface area contributed by atoms with Gasteiger partial charge in [-0.05, 0) is 38.5 Å². The quantitative estimate of drug-likeness (QED) is 0.0628. The predicted molar refractivity (Wildman–Crippen MR) is 152 cm³/mol. The first-order valence-corrected chi connectivity index (χ1v) is 15.3. The largest absolute Gasteiger partial charge is 0.454 e. The molecule has 12 nitrogen and oxygen atoms in total. The molecule has 10 atom stereocenters. The van der Waals surface area contributed by atoms with Crippen LogP contribution in [-0.4, -0.2) is 116 Å². The fourth-order valence-electron chi connectivity index (χ4n) is 4.89. The lowest BCUT2D eigenvalue weighted by molar-refractivity contribution is -0.376. The van der Waals surface area contributed by atoms with Gasteiger partial charge in [0.05, 0.1) is 13.2 Å². The smallest absolute Gasteiger partial charge is 0.306 e. The van der Waals surface area contributed by atoms with Gasteiger partial charge in [0.25, 0.3) is 0 Å². The van der Waals surface area contributed by atoms with Crippen molar-refractivity contribution in [2.75, 3.05) is 13.2 Å². The van der Waals surface area contributed by atoms with Crippen molar-refractivity contribution in [3.05, 3.63) is 24.3 Å². The number of carbonyl (C=O) groups excluding carboxylic acids is 1. The van der Waals surface area contributed by atoms with Crippen LogP contribution in [0.4, 0.5) is 0 Å². The molecule has 0 aromatic carbocycles. The molecule has 0 saturated carbocycles. The van der Waals surface area contributed by atoms with Crippen molar-refractivity contribution in [1.82, 2.24) is 0 Å². The Labute approximate surface area is 248 Å². The van der Waals surface area contributed by atoms with Gasteiger partial charge in [0.2, 0.25) is 6.29 Å². The maximum Gasteiger partial charge on any atom is 0.306 e. The lowest BCUT2D eigenvalue weighted by atomic mass is 9.98. The van der Waals surface area contributed by atoms with E-state index in [1.54, 1.807) is 0 Å². The third-order valence-electron chi connectivity index (χ3n) is 7.54. The maximum absolute atomic E-state index is 12.6. The highest BCUT2D eigenvalue weighted by Crippen LogP contribution is 2.29. The van der Waals surface area contributed by atoms with Gasteiger partial charge in [0.15, 0.2) is 12.4 Å². The molecule has 0 unspecified atom stereocenters. The number of aliphatic hydroxyl groups is 7. The highest BCUT2D eigenvalue weighted by molar-refractivity contribution is 5.69. The van der Waals surface area contributed by atoms with Crippen molar-refractivity contribution in [2.24, 2.45) is 0 Å². The lowest BCUT2D eigenvalue weighted by Gasteiger charge is -2.45. The average Bonchev–Trinajstić information content (AvgIpc) is 2.98. The first-order chi connectivity index (χ1) is 20.2. The highest BCUT2D eigenvalue weighted by Gasteiger charge is 2.51. The topological polar surface area (TPSA) is 196 Å². The Balaban J connectivity index is 1.75. The molecule has 2 saturated heterocycles. The van der Waals surface area contributed by atoms with E-state index < -0.39 is 80.6 Å². The van der Waals surface area contributed by atoms with E-state index in [2.05, 4.69) is 31.2 Å². The van der Waals surface area contributed by atoms with Crippen molar-refractivity contribution in [3.8, 4) is 0 Å². The molecule has 2 aliphatic heterocycles. The van der Waals surface area contributed by atoms with Gasteiger partial charge in [-0.25, -0.2) is 0 Å². The molecular formula is C30H52O12. The zero-order chi connectivity index (χ0) is 30.9. The van der Waals surface area contributed by atoms with Crippen LogP contribution in [0.1, 0.15) is 84.0 Å². The van der Waals surface area contributed by atoms with Gasteiger partial charge in [-0.3, -0.25) is 4.79 Å². The van der Waals surface area contributed by atoms with Crippen molar-refractivity contribution >= 4 is 5.97 Å². The van der Waals surface area contributed by atoms with Crippen LogP contribution >= 0.6 is 0 Å². The number of ether oxygens (including phenoxy) is 4. The van der Waals surface area contributed by atoms with Crippen LogP contribution in [0.15, 0.2) is 24.3 Å². The van der Waals surface area contributed by atoms with E-state index >= 15 is 0 Å². The molecule has 0 aromatic rings. The van der Waals surface area contributed by atoms with E-state index in [-0.39, 0.29) is 6.42 Å². The summed E-state index contributed by atoms with van der Waals surface area (Å²) in [5.74, 6) is -0.662. The van der Waals surface area contributed by atoms with E-state index in [1.165, 1.54) is 19.3 Å². The number of hydrogen-bond donors (Lipinski definition) is 7. The molecular weight excluding hydrogens is 552 g/mol. The Morgan fingerprint density at radius 1 is 0.667 bits per heavy atom.